The van der Waals surface area contributed by atoms with E-state index in [0.717, 1.165) is 31.9 Å². The molecule has 0 radical (unpaired) electrons. The van der Waals surface area contributed by atoms with Crippen LogP contribution in [0.15, 0.2) is 42.5 Å². The molecule has 1 fully saturated rings. The molecule has 0 atom stereocenters. The van der Waals surface area contributed by atoms with Gasteiger partial charge in [0.1, 0.15) is 12.4 Å². The van der Waals surface area contributed by atoms with Gasteiger partial charge in [0.25, 0.3) is 0 Å². The van der Waals surface area contributed by atoms with Gasteiger partial charge in [0.15, 0.2) is 0 Å². The van der Waals surface area contributed by atoms with Crippen LogP contribution in [0.1, 0.15) is 31.2 Å². The summed E-state index contributed by atoms with van der Waals surface area (Å²) >= 11 is 0. The summed E-state index contributed by atoms with van der Waals surface area (Å²) in [6.07, 6.45) is 7.22. The van der Waals surface area contributed by atoms with Crippen molar-refractivity contribution < 1.29 is 9.47 Å². The lowest BCUT2D eigenvalue weighted by atomic mass is 9.95. The van der Waals surface area contributed by atoms with Gasteiger partial charge in [0.2, 0.25) is 0 Å². The zero-order valence-electron chi connectivity index (χ0n) is 14.9. The Morgan fingerprint density at radius 1 is 1.04 bits per heavy atom. The highest BCUT2D eigenvalue weighted by atomic mass is 16.5. The van der Waals surface area contributed by atoms with E-state index in [0.29, 0.717) is 6.61 Å². The van der Waals surface area contributed by atoms with Gasteiger partial charge in [-0.05, 0) is 66.4 Å². The fourth-order valence-corrected chi connectivity index (χ4v) is 3.88. The normalized spacial score (nSPS) is 19.0. The highest BCUT2D eigenvalue weighted by Crippen LogP contribution is 2.32. The molecule has 2 aliphatic rings. The van der Waals surface area contributed by atoms with Gasteiger partial charge in [-0.2, -0.15) is 0 Å². The predicted octanol–water partition coefficient (Wildman–Crippen LogP) is 4.51. The third-order valence-corrected chi connectivity index (χ3v) is 5.27. The first kappa shape index (κ1) is 16.6. The number of ether oxygens (including phenoxy) is 2. The molecular weight excluding hydrogens is 310 g/mol. The lowest BCUT2D eigenvalue weighted by molar-refractivity contribution is 0.161. The molecule has 1 saturated heterocycles. The average Bonchev–Trinajstić information content (AvgIpc) is 2.69. The minimum atomic E-state index is 0.712. The standard InChI is InChI=1S/C22H27NO2/c1-4-10-23(11-5-1)12-15-25-20-16-19-6-2-3-7-21(19)22(17-20)18-8-13-24-14-9-18/h2-3,6-8,16-17H,1,4-5,9-15H2. The number of hydrogen-bond donors (Lipinski definition) is 0. The Balaban J connectivity index is 1.53. The molecule has 2 aromatic rings. The van der Waals surface area contributed by atoms with Crippen LogP contribution in [0.4, 0.5) is 0 Å². The lowest BCUT2D eigenvalue weighted by Crippen LogP contribution is -2.33. The smallest absolute Gasteiger partial charge is 0.120 e. The van der Waals surface area contributed by atoms with Crippen molar-refractivity contribution in [3.8, 4) is 5.75 Å². The molecule has 0 N–H and O–H groups in total. The summed E-state index contributed by atoms with van der Waals surface area (Å²) in [5.74, 6) is 0.984. The quantitative estimate of drug-likeness (QED) is 0.801. The van der Waals surface area contributed by atoms with Gasteiger partial charge in [-0.3, -0.25) is 4.90 Å². The first-order valence-corrected chi connectivity index (χ1v) is 9.55. The van der Waals surface area contributed by atoms with E-state index in [1.165, 1.54) is 54.3 Å². The highest BCUT2D eigenvalue weighted by molar-refractivity contribution is 5.95. The topological polar surface area (TPSA) is 21.7 Å². The molecule has 132 valence electrons. The molecule has 3 nitrogen and oxygen atoms in total. The molecule has 2 aliphatic heterocycles. The van der Waals surface area contributed by atoms with Crippen molar-refractivity contribution in [3.05, 3.63) is 48.0 Å². The van der Waals surface area contributed by atoms with E-state index in [1.54, 1.807) is 0 Å². The van der Waals surface area contributed by atoms with E-state index in [1.807, 2.05) is 0 Å². The van der Waals surface area contributed by atoms with Crippen LogP contribution >= 0.6 is 0 Å². The molecule has 25 heavy (non-hydrogen) atoms. The Kier molecular flexibility index (Phi) is 5.34. The van der Waals surface area contributed by atoms with E-state index in [-0.39, 0.29) is 0 Å². The Morgan fingerprint density at radius 2 is 1.92 bits per heavy atom. The van der Waals surface area contributed by atoms with Crippen molar-refractivity contribution in [2.75, 3.05) is 39.5 Å². The molecule has 2 aromatic carbocycles. The fourth-order valence-electron chi connectivity index (χ4n) is 3.88. The molecule has 0 aromatic heterocycles. The van der Waals surface area contributed by atoms with E-state index in [9.17, 15) is 0 Å². The van der Waals surface area contributed by atoms with Crippen molar-refractivity contribution in [2.45, 2.75) is 25.7 Å². The van der Waals surface area contributed by atoms with Gasteiger partial charge in [-0.25, -0.2) is 0 Å². The molecule has 0 spiro atoms. The number of piperidine rings is 1. The summed E-state index contributed by atoms with van der Waals surface area (Å²) in [6.45, 7) is 5.75. The van der Waals surface area contributed by atoms with E-state index in [4.69, 9.17) is 9.47 Å². The lowest BCUT2D eigenvalue weighted by Gasteiger charge is -2.26. The zero-order valence-corrected chi connectivity index (χ0v) is 14.9. The van der Waals surface area contributed by atoms with E-state index in [2.05, 4.69) is 47.4 Å². The third kappa shape index (κ3) is 4.05. The SMILES string of the molecule is C1=C(c2cc(OCCN3CCCCC3)cc3ccccc23)CCOC1. The van der Waals surface area contributed by atoms with Crippen LogP contribution in [0, 0.1) is 0 Å². The Morgan fingerprint density at radius 3 is 2.76 bits per heavy atom. The zero-order chi connectivity index (χ0) is 16.9. The third-order valence-electron chi connectivity index (χ3n) is 5.27. The molecule has 2 heterocycles. The van der Waals surface area contributed by atoms with Crippen LogP contribution in [0.5, 0.6) is 5.75 Å². The van der Waals surface area contributed by atoms with Gasteiger partial charge in [0, 0.05) is 6.54 Å². The minimum Gasteiger partial charge on any atom is -0.492 e. The average molecular weight is 337 g/mol. The van der Waals surface area contributed by atoms with Crippen molar-refractivity contribution in [2.24, 2.45) is 0 Å². The van der Waals surface area contributed by atoms with Crippen LogP contribution in [-0.2, 0) is 4.74 Å². The van der Waals surface area contributed by atoms with Crippen molar-refractivity contribution in [3.63, 3.8) is 0 Å². The second-order valence-corrected chi connectivity index (χ2v) is 7.00. The maximum absolute atomic E-state index is 6.15. The summed E-state index contributed by atoms with van der Waals surface area (Å²) in [5, 5.41) is 2.55. The first-order chi connectivity index (χ1) is 12.4. The number of fused-ring (bicyclic) bond motifs is 1. The van der Waals surface area contributed by atoms with Gasteiger partial charge in [0.05, 0.1) is 13.2 Å². The highest BCUT2D eigenvalue weighted by Gasteiger charge is 2.13. The molecule has 4 rings (SSSR count). The summed E-state index contributed by atoms with van der Waals surface area (Å²) in [7, 11) is 0. The van der Waals surface area contributed by atoms with Crippen LogP contribution in [0.25, 0.3) is 16.3 Å². The van der Waals surface area contributed by atoms with E-state index >= 15 is 0 Å². The number of likely N-dealkylation sites (tertiary alicyclic amines) is 1. The Hall–Kier alpha value is -1.84. The van der Waals surface area contributed by atoms with Crippen molar-refractivity contribution in [1.82, 2.24) is 4.90 Å². The Labute approximate surface area is 150 Å². The second-order valence-electron chi connectivity index (χ2n) is 7.00. The van der Waals surface area contributed by atoms with Crippen molar-refractivity contribution in [1.29, 1.82) is 0 Å². The molecule has 0 aliphatic carbocycles. The molecule has 0 bridgehead atoms. The number of nitrogens with zero attached hydrogens (tertiary/aromatic N) is 1. The number of benzene rings is 2. The molecule has 0 amide bonds. The fraction of sp³-hybridized carbons (Fsp3) is 0.455. The maximum atomic E-state index is 6.15. The molecule has 0 saturated carbocycles. The minimum absolute atomic E-state index is 0.712. The van der Waals surface area contributed by atoms with E-state index < -0.39 is 0 Å². The molecule has 0 unspecified atom stereocenters. The number of hydrogen-bond acceptors (Lipinski definition) is 3. The Bertz CT molecular complexity index is 747. The van der Waals surface area contributed by atoms with Crippen LogP contribution < -0.4 is 4.74 Å². The monoisotopic (exact) mass is 337 g/mol. The van der Waals surface area contributed by atoms with Gasteiger partial charge < -0.3 is 9.47 Å². The number of rotatable bonds is 5. The van der Waals surface area contributed by atoms with Gasteiger partial charge >= 0.3 is 0 Å². The molecular formula is C22H27NO2. The van der Waals surface area contributed by atoms with Gasteiger partial charge in [-0.15, -0.1) is 0 Å². The first-order valence-electron chi connectivity index (χ1n) is 9.55. The molecule has 3 heteroatoms. The predicted molar refractivity (Wildman–Crippen MR) is 103 cm³/mol. The van der Waals surface area contributed by atoms with Crippen molar-refractivity contribution >= 4 is 16.3 Å². The summed E-state index contributed by atoms with van der Waals surface area (Å²) < 4.78 is 11.6. The van der Waals surface area contributed by atoms with Crippen LogP contribution in [-0.4, -0.2) is 44.4 Å². The summed E-state index contributed by atoms with van der Waals surface area (Å²) in [4.78, 5) is 2.52. The van der Waals surface area contributed by atoms with Gasteiger partial charge in [-0.1, -0.05) is 36.8 Å². The summed E-state index contributed by atoms with van der Waals surface area (Å²) in [5.41, 5.74) is 2.68. The maximum Gasteiger partial charge on any atom is 0.120 e. The largest absolute Gasteiger partial charge is 0.492 e. The van der Waals surface area contributed by atoms with Crippen LogP contribution in [0.3, 0.4) is 0 Å². The summed E-state index contributed by atoms with van der Waals surface area (Å²) in [6, 6.07) is 13.0. The second kappa shape index (κ2) is 8.03. The van der Waals surface area contributed by atoms with Crippen LogP contribution in [0.2, 0.25) is 0 Å².